The lowest BCUT2D eigenvalue weighted by atomic mass is 10.1. The van der Waals surface area contributed by atoms with E-state index in [0.29, 0.717) is 0 Å². The lowest BCUT2D eigenvalue weighted by molar-refractivity contribution is -0.142. The molecule has 112 valence electrons. The highest BCUT2D eigenvalue weighted by Gasteiger charge is 2.40. The van der Waals surface area contributed by atoms with Crippen LogP contribution in [0.3, 0.4) is 0 Å². The van der Waals surface area contributed by atoms with Gasteiger partial charge in [-0.1, -0.05) is 0 Å². The van der Waals surface area contributed by atoms with Gasteiger partial charge in [0.1, 0.15) is 11.2 Å². The average molecular weight is 292 g/mol. The highest BCUT2D eigenvalue weighted by atomic mass is 19.4. The van der Waals surface area contributed by atoms with E-state index in [1.54, 1.807) is 0 Å². The van der Waals surface area contributed by atoms with Crippen LogP contribution in [0.2, 0.25) is 0 Å². The van der Waals surface area contributed by atoms with Crippen LogP contribution in [0, 0.1) is 0 Å². The lowest BCUT2D eigenvalue weighted by Gasteiger charge is -2.22. The zero-order valence-electron chi connectivity index (χ0n) is 11.5. The predicted molar refractivity (Wildman–Crippen MR) is 63.0 cm³/mol. The Hall–Kier alpha value is -1.70. The molecule has 0 aliphatic carbocycles. The quantitative estimate of drug-likeness (QED) is 0.798. The van der Waals surface area contributed by atoms with Gasteiger partial charge in [0.25, 0.3) is 0 Å². The Morgan fingerprint density at radius 3 is 2.40 bits per heavy atom. The van der Waals surface area contributed by atoms with Gasteiger partial charge in [-0.25, -0.2) is 14.8 Å². The number of ether oxygens (including phenoxy) is 2. The highest BCUT2D eigenvalue weighted by Crippen LogP contribution is 2.32. The second-order valence-electron chi connectivity index (χ2n) is 4.39. The molecule has 0 unspecified atom stereocenters. The van der Waals surface area contributed by atoms with Crippen LogP contribution >= 0.6 is 0 Å². The number of carbonyl (C=O) groups is 1. The van der Waals surface area contributed by atoms with Gasteiger partial charge in [0.2, 0.25) is 0 Å². The Morgan fingerprint density at radius 1 is 1.35 bits per heavy atom. The summed E-state index contributed by atoms with van der Waals surface area (Å²) in [7, 11) is 1.33. The highest BCUT2D eigenvalue weighted by molar-refractivity contribution is 5.90. The molecule has 0 amide bonds. The third kappa shape index (κ3) is 3.44. The van der Waals surface area contributed by atoms with E-state index < -0.39 is 29.0 Å². The minimum Gasteiger partial charge on any atom is -0.462 e. The van der Waals surface area contributed by atoms with Crippen LogP contribution in [0.1, 0.15) is 42.6 Å². The number of esters is 1. The first kappa shape index (κ1) is 16.4. The van der Waals surface area contributed by atoms with E-state index in [-0.39, 0.29) is 12.4 Å². The Kier molecular flexibility index (Phi) is 4.69. The molecule has 5 nitrogen and oxygen atoms in total. The molecule has 0 fully saturated rings. The van der Waals surface area contributed by atoms with Crippen molar-refractivity contribution in [2.45, 2.75) is 32.5 Å². The minimum absolute atomic E-state index is 0.0402. The molecular weight excluding hydrogens is 277 g/mol. The third-order valence-electron chi connectivity index (χ3n) is 2.60. The molecule has 8 heteroatoms. The van der Waals surface area contributed by atoms with Crippen LogP contribution in [0.25, 0.3) is 0 Å². The van der Waals surface area contributed by atoms with Crippen LogP contribution < -0.4 is 0 Å². The van der Waals surface area contributed by atoms with Gasteiger partial charge in [0, 0.05) is 13.3 Å². The summed E-state index contributed by atoms with van der Waals surface area (Å²) < 4.78 is 48.5. The van der Waals surface area contributed by atoms with Gasteiger partial charge in [-0.05, 0) is 20.8 Å². The van der Waals surface area contributed by atoms with Gasteiger partial charge < -0.3 is 9.47 Å². The van der Waals surface area contributed by atoms with Crippen molar-refractivity contribution >= 4 is 5.97 Å². The van der Waals surface area contributed by atoms with Crippen LogP contribution in [0.4, 0.5) is 13.2 Å². The van der Waals surface area contributed by atoms with E-state index in [0.717, 1.165) is 6.20 Å². The zero-order chi connectivity index (χ0) is 15.6. The molecule has 0 spiro atoms. The van der Waals surface area contributed by atoms with Crippen molar-refractivity contribution in [1.82, 2.24) is 9.97 Å². The first-order chi connectivity index (χ1) is 9.13. The Labute approximate surface area is 114 Å². The number of hydrogen-bond acceptors (Lipinski definition) is 5. The van der Waals surface area contributed by atoms with Gasteiger partial charge in [-0.2, -0.15) is 13.2 Å². The fraction of sp³-hybridized carbons (Fsp3) is 0.583. The summed E-state index contributed by atoms with van der Waals surface area (Å²) in [5.41, 5.74) is -3.14. The van der Waals surface area contributed by atoms with E-state index in [1.807, 2.05) is 0 Å². The SMILES string of the molecule is CCOC(=O)c1cnc(C(C)(C)OC)nc1C(F)(F)F. The Morgan fingerprint density at radius 2 is 1.95 bits per heavy atom. The predicted octanol–water partition coefficient (Wildman–Crippen LogP) is 2.55. The van der Waals surface area contributed by atoms with Gasteiger partial charge in [-0.3, -0.25) is 0 Å². The summed E-state index contributed by atoms with van der Waals surface area (Å²) in [6.07, 6.45) is -3.98. The summed E-state index contributed by atoms with van der Waals surface area (Å²) in [5.74, 6) is -1.28. The van der Waals surface area contributed by atoms with Crippen molar-refractivity contribution in [3.05, 3.63) is 23.3 Å². The van der Waals surface area contributed by atoms with E-state index in [9.17, 15) is 18.0 Å². The van der Waals surface area contributed by atoms with Crippen molar-refractivity contribution in [2.24, 2.45) is 0 Å². The molecule has 0 atom stereocenters. The van der Waals surface area contributed by atoms with Crippen molar-refractivity contribution in [3.63, 3.8) is 0 Å². The largest absolute Gasteiger partial charge is 0.462 e. The summed E-state index contributed by atoms with van der Waals surface area (Å²) in [4.78, 5) is 18.7. The third-order valence-corrected chi connectivity index (χ3v) is 2.60. The molecule has 1 heterocycles. The standard InChI is InChI=1S/C12H15F3N2O3/c1-5-20-9(18)7-6-16-10(11(2,3)19-4)17-8(7)12(13,14)15/h6H,5H2,1-4H3. The summed E-state index contributed by atoms with van der Waals surface area (Å²) >= 11 is 0. The monoisotopic (exact) mass is 292 g/mol. The fourth-order valence-corrected chi connectivity index (χ4v) is 1.34. The van der Waals surface area contributed by atoms with Crippen molar-refractivity contribution < 1.29 is 27.4 Å². The zero-order valence-corrected chi connectivity index (χ0v) is 11.5. The van der Waals surface area contributed by atoms with Crippen molar-refractivity contribution in [1.29, 1.82) is 0 Å². The summed E-state index contributed by atoms with van der Waals surface area (Å²) in [6, 6.07) is 0. The maximum Gasteiger partial charge on any atom is 0.434 e. The molecule has 0 saturated heterocycles. The van der Waals surface area contributed by atoms with Crippen molar-refractivity contribution in [3.8, 4) is 0 Å². The normalized spacial score (nSPS) is 12.3. The molecule has 0 aliphatic heterocycles. The van der Waals surface area contributed by atoms with Gasteiger partial charge in [-0.15, -0.1) is 0 Å². The molecule has 1 aromatic rings. The second kappa shape index (κ2) is 5.74. The van der Waals surface area contributed by atoms with Gasteiger partial charge in [0.05, 0.1) is 6.61 Å². The van der Waals surface area contributed by atoms with Crippen LogP contribution in [0.5, 0.6) is 0 Å². The number of rotatable bonds is 4. The lowest BCUT2D eigenvalue weighted by Crippen LogP contribution is -2.27. The fourth-order valence-electron chi connectivity index (χ4n) is 1.34. The topological polar surface area (TPSA) is 61.3 Å². The molecule has 1 rings (SSSR count). The van der Waals surface area contributed by atoms with E-state index in [1.165, 1.54) is 27.9 Å². The molecule has 1 aromatic heterocycles. The summed E-state index contributed by atoms with van der Waals surface area (Å²) in [5, 5.41) is 0. The number of nitrogens with zero attached hydrogens (tertiary/aromatic N) is 2. The van der Waals surface area contributed by atoms with Crippen LogP contribution in [-0.4, -0.2) is 29.7 Å². The van der Waals surface area contributed by atoms with E-state index in [2.05, 4.69) is 14.7 Å². The molecule has 20 heavy (non-hydrogen) atoms. The molecular formula is C12H15F3N2O3. The van der Waals surface area contributed by atoms with E-state index in [4.69, 9.17) is 4.74 Å². The molecule has 0 aliphatic rings. The first-order valence-electron chi connectivity index (χ1n) is 5.80. The molecule has 0 N–H and O–H groups in total. The number of hydrogen-bond donors (Lipinski definition) is 0. The van der Waals surface area contributed by atoms with Gasteiger partial charge >= 0.3 is 12.1 Å². The van der Waals surface area contributed by atoms with Crippen LogP contribution in [-0.2, 0) is 21.3 Å². The number of aromatic nitrogens is 2. The summed E-state index contributed by atoms with van der Waals surface area (Å²) in [6.45, 7) is 4.49. The molecule has 0 radical (unpaired) electrons. The maximum atomic E-state index is 13.0. The average Bonchev–Trinajstić information content (AvgIpc) is 2.37. The van der Waals surface area contributed by atoms with Crippen molar-refractivity contribution in [2.75, 3.05) is 13.7 Å². The Bertz CT molecular complexity index is 501. The van der Waals surface area contributed by atoms with Crippen LogP contribution in [0.15, 0.2) is 6.20 Å². The molecule has 0 bridgehead atoms. The first-order valence-corrected chi connectivity index (χ1v) is 5.80. The van der Waals surface area contributed by atoms with E-state index >= 15 is 0 Å². The number of alkyl halides is 3. The smallest absolute Gasteiger partial charge is 0.434 e. The number of halogens is 3. The Balaban J connectivity index is 3.39. The molecule has 0 saturated carbocycles. The maximum absolute atomic E-state index is 13.0. The number of carbonyl (C=O) groups excluding carboxylic acids is 1. The second-order valence-corrected chi connectivity index (χ2v) is 4.39. The number of methoxy groups -OCH3 is 1. The van der Waals surface area contributed by atoms with Gasteiger partial charge in [0.15, 0.2) is 11.5 Å². The molecule has 0 aromatic carbocycles. The minimum atomic E-state index is -4.79.